The van der Waals surface area contributed by atoms with E-state index < -0.39 is 11.6 Å². The molecule has 0 bridgehead atoms. The summed E-state index contributed by atoms with van der Waals surface area (Å²) in [5.74, 6) is -0.844. The maximum Gasteiger partial charge on any atom is 0.128 e. The van der Waals surface area contributed by atoms with Crippen LogP contribution >= 0.6 is 0 Å². The average Bonchev–Trinajstić information content (AvgIpc) is 2.33. The molecular formula is C13H19F2NO. The van der Waals surface area contributed by atoms with Crippen LogP contribution in [0.5, 0.6) is 0 Å². The van der Waals surface area contributed by atoms with Gasteiger partial charge in [-0.05, 0) is 31.2 Å². The summed E-state index contributed by atoms with van der Waals surface area (Å²) in [6.07, 6.45) is 0.552. The molecule has 4 heteroatoms. The van der Waals surface area contributed by atoms with Crippen LogP contribution in [0.3, 0.4) is 0 Å². The van der Waals surface area contributed by atoms with Gasteiger partial charge in [-0.15, -0.1) is 0 Å². The molecule has 0 spiro atoms. The van der Waals surface area contributed by atoms with Gasteiger partial charge in [0.1, 0.15) is 11.6 Å². The van der Waals surface area contributed by atoms with E-state index in [2.05, 4.69) is 5.32 Å². The largest absolute Gasteiger partial charge is 0.379 e. The molecular weight excluding hydrogens is 224 g/mol. The Labute approximate surface area is 101 Å². The molecule has 0 aliphatic rings. The topological polar surface area (TPSA) is 21.3 Å². The van der Waals surface area contributed by atoms with E-state index in [4.69, 9.17) is 4.74 Å². The number of hydrogen-bond acceptors (Lipinski definition) is 2. The SMILES string of the molecule is CCNC(c1cc(F)ccc1F)C(CC)OC. The maximum atomic E-state index is 13.7. The smallest absolute Gasteiger partial charge is 0.128 e. The van der Waals surface area contributed by atoms with Gasteiger partial charge in [0, 0.05) is 12.7 Å². The molecule has 0 fully saturated rings. The van der Waals surface area contributed by atoms with Crippen molar-refractivity contribution < 1.29 is 13.5 Å². The number of methoxy groups -OCH3 is 1. The lowest BCUT2D eigenvalue weighted by atomic mass is 9.98. The van der Waals surface area contributed by atoms with Crippen LogP contribution in [0.1, 0.15) is 31.9 Å². The molecule has 2 atom stereocenters. The molecule has 0 aromatic heterocycles. The summed E-state index contributed by atoms with van der Waals surface area (Å²) >= 11 is 0. The molecule has 0 saturated carbocycles. The first-order chi connectivity index (χ1) is 8.13. The maximum absolute atomic E-state index is 13.7. The van der Waals surface area contributed by atoms with Crippen LogP contribution in [-0.4, -0.2) is 19.8 Å². The summed E-state index contributed by atoms with van der Waals surface area (Å²) in [6, 6.07) is 3.17. The lowest BCUT2D eigenvalue weighted by molar-refractivity contribution is 0.0643. The molecule has 17 heavy (non-hydrogen) atoms. The monoisotopic (exact) mass is 243 g/mol. The highest BCUT2D eigenvalue weighted by Crippen LogP contribution is 2.24. The van der Waals surface area contributed by atoms with Gasteiger partial charge in [-0.1, -0.05) is 13.8 Å². The standard InChI is InChI=1S/C13H19F2NO/c1-4-12(17-3)13(16-5-2)10-8-9(14)6-7-11(10)15/h6-8,12-13,16H,4-5H2,1-3H3. The molecule has 0 heterocycles. The Kier molecular flexibility index (Phi) is 5.51. The van der Waals surface area contributed by atoms with Gasteiger partial charge in [-0.3, -0.25) is 0 Å². The summed E-state index contributed by atoms with van der Waals surface area (Å²) in [7, 11) is 1.58. The van der Waals surface area contributed by atoms with Crippen LogP contribution in [0.25, 0.3) is 0 Å². The van der Waals surface area contributed by atoms with Crippen molar-refractivity contribution in [3.05, 3.63) is 35.4 Å². The zero-order chi connectivity index (χ0) is 12.8. The second kappa shape index (κ2) is 6.67. The third-order valence-corrected chi connectivity index (χ3v) is 2.79. The van der Waals surface area contributed by atoms with Crippen molar-refractivity contribution in [2.24, 2.45) is 0 Å². The number of ether oxygens (including phenoxy) is 1. The first-order valence-corrected chi connectivity index (χ1v) is 5.85. The quantitative estimate of drug-likeness (QED) is 0.829. The van der Waals surface area contributed by atoms with Gasteiger partial charge in [0.15, 0.2) is 0 Å². The molecule has 0 aliphatic carbocycles. The van der Waals surface area contributed by atoms with E-state index >= 15 is 0 Å². The average molecular weight is 243 g/mol. The van der Waals surface area contributed by atoms with Gasteiger partial charge < -0.3 is 10.1 Å². The van der Waals surface area contributed by atoms with E-state index in [1.165, 1.54) is 6.07 Å². The third-order valence-electron chi connectivity index (χ3n) is 2.79. The van der Waals surface area contributed by atoms with Crippen molar-refractivity contribution in [1.82, 2.24) is 5.32 Å². The van der Waals surface area contributed by atoms with Crippen molar-refractivity contribution in [1.29, 1.82) is 0 Å². The zero-order valence-electron chi connectivity index (χ0n) is 10.5. The van der Waals surface area contributed by atoms with Crippen LogP contribution in [-0.2, 0) is 4.74 Å². The summed E-state index contributed by atoms with van der Waals surface area (Å²) in [4.78, 5) is 0. The Balaban J connectivity index is 3.07. The van der Waals surface area contributed by atoms with Gasteiger partial charge in [0.2, 0.25) is 0 Å². The molecule has 1 aromatic rings. The summed E-state index contributed by atoms with van der Waals surface area (Å²) in [6.45, 7) is 4.54. The molecule has 2 unspecified atom stereocenters. The van der Waals surface area contributed by atoms with Gasteiger partial charge in [-0.25, -0.2) is 8.78 Å². The number of hydrogen-bond donors (Lipinski definition) is 1. The Morgan fingerprint density at radius 1 is 1.29 bits per heavy atom. The predicted octanol–water partition coefficient (Wildman–Crippen LogP) is 3.04. The van der Waals surface area contributed by atoms with E-state index in [1.807, 2.05) is 13.8 Å². The summed E-state index contributed by atoms with van der Waals surface area (Å²) in [5.41, 5.74) is 0.320. The highest BCUT2D eigenvalue weighted by atomic mass is 19.1. The molecule has 96 valence electrons. The minimum Gasteiger partial charge on any atom is -0.379 e. The highest BCUT2D eigenvalue weighted by Gasteiger charge is 2.23. The molecule has 2 nitrogen and oxygen atoms in total. The lowest BCUT2D eigenvalue weighted by Gasteiger charge is -2.26. The van der Waals surface area contributed by atoms with E-state index in [1.54, 1.807) is 7.11 Å². The number of rotatable bonds is 6. The van der Waals surface area contributed by atoms with Crippen molar-refractivity contribution in [3.63, 3.8) is 0 Å². The molecule has 0 saturated heterocycles. The Hall–Kier alpha value is -1.00. The van der Waals surface area contributed by atoms with Gasteiger partial charge >= 0.3 is 0 Å². The first kappa shape index (κ1) is 14.1. The number of halogens is 2. The van der Waals surface area contributed by atoms with E-state index in [9.17, 15) is 8.78 Å². The second-order valence-corrected chi connectivity index (χ2v) is 3.88. The molecule has 1 aromatic carbocycles. The first-order valence-electron chi connectivity index (χ1n) is 5.85. The normalized spacial score (nSPS) is 14.6. The summed E-state index contributed by atoms with van der Waals surface area (Å²) < 4.78 is 32.2. The third kappa shape index (κ3) is 3.48. The minimum absolute atomic E-state index is 0.175. The second-order valence-electron chi connectivity index (χ2n) is 3.88. The fourth-order valence-corrected chi connectivity index (χ4v) is 1.95. The Bertz CT molecular complexity index is 353. The molecule has 0 radical (unpaired) electrons. The predicted molar refractivity (Wildman–Crippen MR) is 63.9 cm³/mol. The summed E-state index contributed by atoms with van der Waals surface area (Å²) in [5, 5.41) is 3.14. The van der Waals surface area contributed by atoms with Crippen molar-refractivity contribution in [3.8, 4) is 0 Å². The van der Waals surface area contributed by atoms with Crippen molar-refractivity contribution in [2.45, 2.75) is 32.4 Å². The minimum atomic E-state index is -0.435. The van der Waals surface area contributed by atoms with Crippen molar-refractivity contribution in [2.75, 3.05) is 13.7 Å². The fourth-order valence-electron chi connectivity index (χ4n) is 1.95. The van der Waals surface area contributed by atoms with Gasteiger partial charge in [-0.2, -0.15) is 0 Å². The van der Waals surface area contributed by atoms with Gasteiger partial charge in [0.25, 0.3) is 0 Å². The van der Waals surface area contributed by atoms with Crippen molar-refractivity contribution >= 4 is 0 Å². The van der Waals surface area contributed by atoms with Gasteiger partial charge in [0.05, 0.1) is 12.1 Å². The van der Waals surface area contributed by atoms with Crippen LogP contribution in [0.15, 0.2) is 18.2 Å². The number of likely N-dealkylation sites (N-methyl/N-ethyl adjacent to an activating group) is 1. The Morgan fingerprint density at radius 2 is 2.00 bits per heavy atom. The van der Waals surface area contributed by atoms with Crippen LogP contribution < -0.4 is 5.32 Å². The Morgan fingerprint density at radius 3 is 2.53 bits per heavy atom. The highest BCUT2D eigenvalue weighted by molar-refractivity contribution is 5.23. The lowest BCUT2D eigenvalue weighted by Crippen LogP contribution is -2.33. The van der Waals surface area contributed by atoms with E-state index in [-0.39, 0.29) is 12.1 Å². The molecule has 0 aliphatic heterocycles. The van der Waals surface area contributed by atoms with Crippen LogP contribution in [0, 0.1) is 11.6 Å². The molecule has 1 N–H and O–H groups in total. The fraction of sp³-hybridized carbons (Fsp3) is 0.538. The van der Waals surface area contributed by atoms with Crippen LogP contribution in [0.4, 0.5) is 8.78 Å². The zero-order valence-corrected chi connectivity index (χ0v) is 10.5. The number of benzene rings is 1. The molecule has 1 rings (SSSR count). The number of nitrogens with one attached hydrogen (secondary N) is 1. The molecule has 0 amide bonds. The van der Waals surface area contributed by atoms with Crippen LogP contribution in [0.2, 0.25) is 0 Å². The van der Waals surface area contributed by atoms with E-state index in [0.29, 0.717) is 12.1 Å². The van der Waals surface area contributed by atoms with E-state index in [0.717, 1.165) is 18.6 Å².